The highest BCUT2D eigenvalue weighted by Gasteiger charge is 2.13. The summed E-state index contributed by atoms with van der Waals surface area (Å²) >= 11 is 5.75. The number of rotatable bonds is 4. The van der Waals surface area contributed by atoms with Crippen LogP contribution in [0.15, 0.2) is 24.3 Å². The first kappa shape index (κ1) is 13.0. The van der Waals surface area contributed by atoms with Crippen molar-refractivity contribution < 1.29 is 4.79 Å². The zero-order chi connectivity index (χ0) is 12.1. The standard InChI is InChI=1S/C12H17ClN2O/c1-8(2)14-9(3)12(16)15-11-6-4-10(13)5-7-11/h4-9,14H,1-3H3,(H,15,16). The van der Waals surface area contributed by atoms with E-state index in [9.17, 15) is 4.79 Å². The normalized spacial score (nSPS) is 12.6. The highest BCUT2D eigenvalue weighted by atomic mass is 35.5. The summed E-state index contributed by atoms with van der Waals surface area (Å²) < 4.78 is 0. The van der Waals surface area contributed by atoms with Crippen molar-refractivity contribution in [2.75, 3.05) is 5.32 Å². The second-order valence-electron chi connectivity index (χ2n) is 4.04. The molecule has 0 saturated heterocycles. The molecular weight excluding hydrogens is 224 g/mol. The van der Waals surface area contributed by atoms with Gasteiger partial charge in [-0.1, -0.05) is 25.4 Å². The van der Waals surface area contributed by atoms with Gasteiger partial charge in [0.15, 0.2) is 0 Å². The lowest BCUT2D eigenvalue weighted by molar-refractivity contribution is -0.117. The molecule has 88 valence electrons. The minimum absolute atomic E-state index is 0.0453. The predicted octanol–water partition coefficient (Wildman–Crippen LogP) is 2.67. The van der Waals surface area contributed by atoms with Crippen LogP contribution in [0.3, 0.4) is 0 Å². The number of nitrogens with one attached hydrogen (secondary N) is 2. The van der Waals surface area contributed by atoms with Crippen molar-refractivity contribution in [2.45, 2.75) is 32.9 Å². The van der Waals surface area contributed by atoms with Crippen LogP contribution in [0.25, 0.3) is 0 Å². The molecule has 1 unspecified atom stereocenters. The third-order valence-corrected chi connectivity index (χ3v) is 2.34. The van der Waals surface area contributed by atoms with Gasteiger partial charge < -0.3 is 10.6 Å². The van der Waals surface area contributed by atoms with Gasteiger partial charge in [0.25, 0.3) is 0 Å². The van der Waals surface area contributed by atoms with E-state index in [1.807, 2.05) is 20.8 Å². The monoisotopic (exact) mass is 240 g/mol. The quantitative estimate of drug-likeness (QED) is 0.850. The van der Waals surface area contributed by atoms with Crippen LogP contribution in [0, 0.1) is 0 Å². The molecule has 0 aliphatic rings. The maximum atomic E-state index is 11.7. The third kappa shape index (κ3) is 4.21. The summed E-state index contributed by atoms with van der Waals surface area (Å²) in [6.45, 7) is 5.85. The third-order valence-electron chi connectivity index (χ3n) is 2.09. The van der Waals surface area contributed by atoms with Crippen LogP contribution in [0.2, 0.25) is 5.02 Å². The molecule has 1 rings (SSSR count). The summed E-state index contributed by atoms with van der Waals surface area (Å²) in [6.07, 6.45) is 0. The van der Waals surface area contributed by atoms with Crippen molar-refractivity contribution >= 4 is 23.2 Å². The van der Waals surface area contributed by atoms with Gasteiger partial charge in [0, 0.05) is 16.8 Å². The first-order valence-corrected chi connectivity index (χ1v) is 5.69. The minimum atomic E-state index is -0.212. The van der Waals surface area contributed by atoms with Gasteiger partial charge in [0.1, 0.15) is 0 Å². The molecule has 1 amide bonds. The molecule has 0 saturated carbocycles. The van der Waals surface area contributed by atoms with Gasteiger partial charge in [0.2, 0.25) is 5.91 Å². The number of anilines is 1. The van der Waals surface area contributed by atoms with Crippen LogP contribution >= 0.6 is 11.6 Å². The van der Waals surface area contributed by atoms with Gasteiger partial charge in [-0.05, 0) is 31.2 Å². The summed E-state index contributed by atoms with van der Waals surface area (Å²) in [5, 5.41) is 6.61. The highest BCUT2D eigenvalue weighted by Crippen LogP contribution is 2.13. The van der Waals surface area contributed by atoms with Gasteiger partial charge in [-0.3, -0.25) is 4.79 Å². The second kappa shape index (κ2) is 5.87. The zero-order valence-electron chi connectivity index (χ0n) is 9.75. The molecule has 4 heteroatoms. The number of halogens is 1. The van der Waals surface area contributed by atoms with Crippen molar-refractivity contribution in [3.05, 3.63) is 29.3 Å². The number of hydrogen-bond donors (Lipinski definition) is 2. The average molecular weight is 241 g/mol. The lowest BCUT2D eigenvalue weighted by Crippen LogP contribution is -2.41. The van der Waals surface area contributed by atoms with E-state index in [2.05, 4.69) is 10.6 Å². The Balaban J connectivity index is 2.54. The van der Waals surface area contributed by atoms with E-state index in [1.54, 1.807) is 24.3 Å². The number of benzene rings is 1. The molecular formula is C12H17ClN2O. The molecule has 2 N–H and O–H groups in total. The van der Waals surface area contributed by atoms with E-state index < -0.39 is 0 Å². The summed E-state index contributed by atoms with van der Waals surface area (Å²) in [4.78, 5) is 11.7. The highest BCUT2D eigenvalue weighted by molar-refractivity contribution is 6.30. The molecule has 0 aliphatic carbocycles. The van der Waals surface area contributed by atoms with Gasteiger partial charge in [-0.25, -0.2) is 0 Å². The van der Waals surface area contributed by atoms with E-state index in [-0.39, 0.29) is 18.0 Å². The Kier molecular flexibility index (Phi) is 4.77. The van der Waals surface area contributed by atoms with Gasteiger partial charge in [0.05, 0.1) is 6.04 Å². The lowest BCUT2D eigenvalue weighted by atomic mass is 10.2. The Hall–Kier alpha value is -1.06. The summed E-state index contributed by atoms with van der Waals surface area (Å²) in [6, 6.07) is 7.13. The fourth-order valence-corrected chi connectivity index (χ4v) is 1.49. The van der Waals surface area contributed by atoms with E-state index in [4.69, 9.17) is 11.6 Å². The molecule has 0 aliphatic heterocycles. The lowest BCUT2D eigenvalue weighted by Gasteiger charge is -2.16. The van der Waals surface area contributed by atoms with Crippen LogP contribution in [0.1, 0.15) is 20.8 Å². The summed E-state index contributed by atoms with van der Waals surface area (Å²) in [7, 11) is 0. The maximum absolute atomic E-state index is 11.7. The fraction of sp³-hybridized carbons (Fsp3) is 0.417. The van der Waals surface area contributed by atoms with Crippen LogP contribution < -0.4 is 10.6 Å². The van der Waals surface area contributed by atoms with Crippen LogP contribution in [-0.2, 0) is 4.79 Å². The maximum Gasteiger partial charge on any atom is 0.241 e. The van der Waals surface area contributed by atoms with Crippen molar-refractivity contribution in [3.63, 3.8) is 0 Å². The molecule has 16 heavy (non-hydrogen) atoms. The average Bonchev–Trinajstić information content (AvgIpc) is 2.20. The van der Waals surface area contributed by atoms with E-state index in [1.165, 1.54) is 0 Å². The Bertz CT molecular complexity index is 349. The van der Waals surface area contributed by atoms with E-state index in [0.717, 1.165) is 5.69 Å². The molecule has 0 spiro atoms. The van der Waals surface area contributed by atoms with Gasteiger partial charge in [-0.15, -0.1) is 0 Å². The Morgan fingerprint density at radius 3 is 2.25 bits per heavy atom. The molecule has 1 aromatic carbocycles. The topological polar surface area (TPSA) is 41.1 Å². The van der Waals surface area contributed by atoms with Crippen LogP contribution in [0.4, 0.5) is 5.69 Å². The molecule has 0 aromatic heterocycles. The molecule has 1 aromatic rings. The van der Waals surface area contributed by atoms with Crippen molar-refractivity contribution in [1.82, 2.24) is 5.32 Å². The Morgan fingerprint density at radius 1 is 1.19 bits per heavy atom. The van der Waals surface area contributed by atoms with Gasteiger partial charge >= 0.3 is 0 Å². The largest absolute Gasteiger partial charge is 0.325 e. The molecule has 0 fully saturated rings. The molecule has 0 heterocycles. The van der Waals surface area contributed by atoms with E-state index >= 15 is 0 Å². The first-order valence-electron chi connectivity index (χ1n) is 5.31. The van der Waals surface area contributed by atoms with Gasteiger partial charge in [-0.2, -0.15) is 0 Å². The van der Waals surface area contributed by atoms with Crippen LogP contribution in [0.5, 0.6) is 0 Å². The second-order valence-corrected chi connectivity index (χ2v) is 4.48. The Morgan fingerprint density at radius 2 is 1.75 bits per heavy atom. The molecule has 3 nitrogen and oxygen atoms in total. The zero-order valence-corrected chi connectivity index (χ0v) is 10.5. The molecule has 1 atom stereocenters. The minimum Gasteiger partial charge on any atom is -0.325 e. The number of carbonyl (C=O) groups excluding carboxylic acids is 1. The van der Waals surface area contributed by atoms with Crippen LogP contribution in [-0.4, -0.2) is 18.0 Å². The summed E-state index contributed by atoms with van der Waals surface area (Å²) in [5.74, 6) is -0.0453. The van der Waals surface area contributed by atoms with E-state index in [0.29, 0.717) is 5.02 Å². The van der Waals surface area contributed by atoms with Crippen molar-refractivity contribution in [1.29, 1.82) is 0 Å². The van der Waals surface area contributed by atoms with Crippen molar-refractivity contribution in [3.8, 4) is 0 Å². The predicted molar refractivity (Wildman–Crippen MR) is 67.8 cm³/mol. The number of carbonyl (C=O) groups is 1. The smallest absolute Gasteiger partial charge is 0.241 e. The SMILES string of the molecule is CC(C)NC(C)C(=O)Nc1ccc(Cl)cc1. The molecule has 0 radical (unpaired) electrons. The molecule has 0 bridgehead atoms. The Labute approximate surface area is 101 Å². The van der Waals surface area contributed by atoms with Crippen molar-refractivity contribution in [2.24, 2.45) is 0 Å². The summed E-state index contributed by atoms with van der Waals surface area (Å²) in [5.41, 5.74) is 0.756. The number of amides is 1. The fourth-order valence-electron chi connectivity index (χ4n) is 1.36. The first-order chi connectivity index (χ1) is 7.49. The number of hydrogen-bond acceptors (Lipinski definition) is 2.